The lowest BCUT2D eigenvalue weighted by Gasteiger charge is -2.34. The standard InChI is InChI=1S/C15H23N5O2S/c1-10-17-18-15(23-10)16-14(22)9-19-7-3-5-12(19)13-6-4-8-20(13)11(2)21/h12-13H,3-9H2,1-2H3,(H,16,18,22)/t12-,13+/m1/s1. The second-order valence-corrected chi connectivity index (χ2v) is 7.46. The number of nitrogens with one attached hydrogen (secondary N) is 1. The number of likely N-dealkylation sites (tertiary alicyclic amines) is 2. The lowest BCUT2D eigenvalue weighted by atomic mass is 10.0. The van der Waals surface area contributed by atoms with Gasteiger partial charge < -0.3 is 4.90 Å². The third-order valence-electron chi connectivity index (χ3n) is 4.68. The van der Waals surface area contributed by atoms with Gasteiger partial charge in [-0.3, -0.25) is 19.8 Å². The average Bonchev–Trinajstić information content (AvgIpc) is 3.18. The molecular formula is C15H23N5O2S. The fourth-order valence-corrected chi connectivity index (χ4v) is 4.37. The molecule has 0 aromatic carbocycles. The van der Waals surface area contributed by atoms with Crippen molar-refractivity contribution in [3.05, 3.63) is 5.01 Å². The molecule has 0 spiro atoms. The molecule has 2 aliphatic rings. The van der Waals surface area contributed by atoms with Crippen LogP contribution in [0.15, 0.2) is 0 Å². The molecule has 0 radical (unpaired) electrons. The van der Waals surface area contributed by atoms with Crippen LogP contribution in [0, 0.1) is 6.92 Å². The van der Waals surface area contributed by atoms with Gasteiger partial charge in [0.2, 0.25) is 16.9 Å². The number of nitrogens with zero attached hydrogens (tertiary/aromatic N) is 4. The molecule has 0 aliphatic carbocycles. The summed E-state index contributed by atoms with van der Waals surface area (Å²) in [6.07, 6.45) is 4.24. The van der Waals surface area contributed by atoms with Gasteiger partial charge in [0.05, 0.1) is 6.54 Å². The Morgan fingerprint density at radius 3 is 2.65 bits per heavy atom. The highest BCUT2D eigenvalue weighted by Crippen LogP contribution is 2.30. The molecule has 2 atom stereocenters. The molecule has 1 N–H and O–H groups in total. The van der Waals surface area contributed by atoms with E-state index < -0.39 is 0 Å². The van der Waals surface area contributed by atoms with Gasteiger partial charge in [-0.1, -0.05) is 11.3 Å². The third-order valence-corrected chi connectivity index (χ3v) is 5.44. The van der Waals surface area contributed by atoms with Crippen LogP contribution in [0.2, 0.25) is 0 Å². The predicted molar refractivity (Wildman–Crippen MR) is 88.3 cm³/mol. The predicted octanol–water partition coefficient (Wildman–Crippen LogP) is 1.26. The fraction of sp³-hybridized carbons (Fsp3) is 0.733. The normalized spacial score (nSPS) is 25.0. The van der Waals surface area contributed by atoms with Gasteiger partial charge in [0.25, 0.3) is 0 Å². The molecule has 8 heteroatoms. The SMILES string of the molecule is CC(=O)N1CCC[C@H]1[C@H]1CCCN1CC(=O)Nc1nnc(C)s1. The van der Waals surface area contributed by atoms with E-state index in [0.717, 1.165) is 43.8 Å². The maximum Gasteiger partial charge on any atom is 0.240 e. The first-order valence-electron chi connectivity index (χ1n) is 8.16. The summed E-state index contributed by atoms with van der Waals surface area (Å²) in [5.41, 5.74) is 0. The summed E-state index contributed by atoms with van der Waals surface area (Å²) in [6.45, 7) is 5.62. The van der Waals surface area contributed by atoms with E-state index >= 15 is 0 Å². The molecule has 2 fully saturated rings. The van der Waals surface area contributed by atoms with Gasteiger partial charge in [-0.05, 0) is 39.2 Å². The van der Waals surface area contributed by atoms with Gasteiger partial charge >= 0.3 is 0 Å². The van der Waals surface area contributed by atoms with Crippen molar-refractivity contribution < 1.29 is 9.59 Å². The van der Waals surface area contributed by atoms with Gasteiger partial charge in [-0.15, -0.1) is 10.2 Å². The second-order valence-electron chi connectivity index (χ2n) is 6.28. The van der Waals surface area contributed by atoms with E-state index in [9.17, 15) is 9.59 Å². The maximum absolute atomic E-state index is 12.3. The highest BCUT2D eigenvalue weighted by molar-refractivity contribution is 7.15. The first-order chi connectivity index (χ1) is 11.0. The Kier molecular flexibility index (Phi) is 4.91. The molecule has 0 saturated carbocycles. The van der Waals surface area contributed by atoms with Crippen molar-refractivity contribution in [2.75, 3.05) is 25.0 Å². The first kappa shape index (κ1) is 16.3. The van der Waals surface area contributed by atoms with Gasteiger partial charge in [-0.25, -0.2) is 0 Å². The van der Waals surface area contributed by atoms with Crippen molar-refractivity contribution in [1.29, 1.82) is 0 Å². The summed E-state index contributed by atoms with van der Waals surface area (Å²) >= 11 is 1.38. The summed E-state index contributed by atoms with van der Waals surface area (Å²) < 4.78 is 0. The molecule has 23 heavy (non-hydrogen) atoms. The van der Waals surface area contributed by atoms with E-state index in [1.807, 2.05) is 11.8 Å². The van der Waals surface area contributed by atoms with Gasteiger partial charge in [0, 0.05) is 25.6 Å². The lowest BCUT2D eigenvalue weighted by molar-refractivity contribution is -0.130. The zero-order chi connectivity index (χ0) is 16.4. The number of hydrogen-bond acceptors (Lipinski definition) is 6. The second kappa shape index (κ2) is 6.92. The van der Waals surface area contributed by atoms with Crippen molar-refractivity contribution in [3.8, 4) is 0 Å². The zero-order valence-electron chi connectivity index (χ0n) is 13.6. The van der Waals surface area contributed by atoms with E-state index in [0.29, 0.717) is 17.7 Å². The van der Waals surface area contributed by atoms with Crippen LogP contribution >= 0.6 is 11.3 Å². The summed E-state index contributed by atoms with van der Waals surface area (Å²) in [4.78, 5) is 28.3. The molecule has 2 amide bonds. The molecule has 7 nitrogen and oxygen atoms in total. The molecular weight excluding hydrogens is 314 g/mol. The molecule has 0 unspecified atom stereocenters. The molecule has 126 valence electrons. The van der Waals surface area contributed by atoms with Crippen LogP contribution in [0.25, 0.3) is 0 Å². The number of amides is 2. The highest BCUT2D eigenvalue weighted by Gasteiger charge is 2.39. The lowest BCUT2D eigenvalue weighted by Crippen LogP contribution is -2.49. The minimum absolute atomic E-state index is 0.0552. The number of carbonyl (C=O) groups excluding carboxylic acids is 2. The smallest absolute Gasteiger partial charge is 0.240 e. The topological polar surface area (TPSA) is 78.4 Å². The Hall–Kier alpha value is -1.54. The van der Waals surface area contributed by atoms with Crippen LogP contribution < -0.4 is 5.32 Å². The molecule has 1 aromatic heterocycles. The van der Waals surface area contributed by atoms with Crippen molar-refractivity contribution in [3.63, 3.8) is 0 Å². The van der Waals surface area contributed by atoms with Crippen molar-refractivity contribution in [1.82, 2.24) is 20.0 Å². The fourth-order valence-electron chi connectivity index (χ4n) is 3.76. The van der Waals surface area contributed by atoms with E-state index in [2.05, 4.69) is 20.4 Å². The Morgan fingerprint density at radius 2 is 1.96 bits per heavy atom. The number of hydrogen-bond donors (Lipinski definition) is 1. The Morgan fingerprint density at radius 1 is 1.22 bits per heavy atom. The van der Waals surface area contributed by atoms with Crippen LogP contribution in [0.5, 0.6) is 0 Å². The minimum atomic E-state index is -0.0552. The van der Waals surface area contributed by atoms with Crippen molar-refractivity contribution in [2.24, 2.45) is 0 Å². The molecule has 3 heterocycles. The molecule has 1 aromatic rings. The number of aryl methyl sites for hydroxylation is 1. The monoisotopic (exact) mass is 337 g/mol. The number of carbonyl (C=O) groups is 2. The first-order valence-corrected chi connectivity index (χ1v) is 8.97. The van der Waals surface area contributed by atoms with Crippen LogP contribution in [0.1, 0.15) is 37.6 Å². The van der Waals surface area contributed by atoms with Gasteiger partial charge in [0.1, 0.15) is 5.01 Å². The van der Waals surface area contributed by atoms with E-state index in [-0.39, 0.29) is 17.9 Å². The van der Waals surface area contributed by atoms with Crippen molar-refractivity contribution >= 4 is 28.3 Å². The number of anilines is 1. The van der Waals surface area contributed by atoms with Crippen molar-refractivity contribution in [2.45, 2.75) is 51.6 Å². The summed E-state index contributed by atoms with van der Waals surface area (Å²) in [6, 6.07) is 0.551. The molecule has 3 rings (SSSR count). The molecule has 0 bridgehead atoms. The van der Waals surface area contributed by atoms with Gasteiger partial charge in [-0.2, -0.15) is 0 Å². The van der Waals surface area contributed by atoms with Gasteiger partial charge in [0.15, 0.2) is 0 Å². The largest absolute Gasteiger partial charge is 0.338 e. The summed E-state index contributed by atoms with van der Waals surface area (Å²) in [7, 11) is 0. The van der Waals surface area contributed by atoms with E-state index in [4.69, 9.17) is 0 Å². The molecule has 2 saturated heterocycles. The maximum atomic E-state index is 12.3. The minimum Gasteiger partial charge on any atom is -0.338 e. The Balaban J connectivity index is 1.60. The quantitative estimate of drug-likeness (QED) is 0.895. The van der Waals surface area contributed by atoms with E-state index in [1.54, 1.807) is 6.92 Å². The Bertz CT molecular complexity index is 590. The van der Waals surface area contributed by atoms with E-state index in [1.165, 1.54) is 11.3 Å². The number of rotatable bonds is 4. The summed E-state index contributed by atoms with van der Waals surface area (Å²) in [5.74, 6) is 0.0913. The molecule has 2 aliphatic heterocycles. The third kappa shape index (κ3) is 3.69. The average molecular weight is 337 g/mol. The highest BCUT2D eigenvalue weighted by atomic mass is 32.1. The number of aromatic nitrogens is 2. The van der Waals surface area contributed by atoms with Crippen LogP contribution in [-0.2, 0) is 9.59 Å². The zero-order valence-corrected chi connectivity index (χ0v) is 14.4. The summed E-state index contributed by atoms with van der Waals surface area (Å²) in [5, 5.41) is 12.0. The van der Waals surface area contributed by atoms with Crippen LogP contribution in [0.4, 0.5) is 5.13 Å². The Labute approximate surface area is 140 Å². The van der Waals surface area contributed by atoms with Crippen LogP contribution in [-0.4, -0.2) is 63.5 Å². The van der Waals surface area contributed by atoms with Crippen LogP contribution in [0.3, 0.4) is 0 Å².